The second-order valence-corrected chi connectivity index (χ2v) is 7.20. The van der Waals surface area contributed by atoms with Crippen molar-refractivity contribution in [1.29, 1.82) is 0 Å². The SMILES string of the molecule is Clc1ccccc1CN1C[C@@H]2CC[C@H]1Cc1ccccc1C2. The molecule has 5 rings (SSSR count). The summed E-state index contributed by atoms with van der Waals surface area (Å²) in [6.45, 7) is 2.20. The molecule has 0 amide bonds. The predicted octanol–water partition coefficient (Wildman–Crippen LogP) is 4.72. The Morgan fingerprint density at radius 1 is 0.909 bits per heavy atom. The van der Waals surface area contributed by atoms with Crippen molar-refractivity contribution in [2.45, 2.75) is 38.3 Å². The fraction of sp³-hybridized carbons (Fsp3) is 0.400. The van der Waals surface area contributed by atoms with Crippen molar-refractivity contribution in [3.8, 4) is 0 Å². The maximum atomic E-state index is 6.37. The molecule has 3 aliphatic rings. The summed E-state index contributed by atoms with van der Waals surface area (Å²) in [7, 11) is 0. The van der Waals surface area contributed by atoms with E-state index in [-0.39, 0.29) is 0 Å². The Labute approximate surface area is 137 Å². The molecule has 0 unspecified atom stereocenters. The van der Waals surface area contributed by atoms with Crippen molar-refractivity contribution in [3.05, 3.63) is 70.2 Å². The molecule has 22 heavy (non-hydrogen) atoms. The third-order valence-corrected chi connectivity index (χ3v) is 5.70. The maximum Gasteiger partial charge on any atom is 0.0451 e. The number of hydrogen-bond donors (Lipinski definition) is 0. The van der Waals surface area contributed by atoms with Gasteiger partial charge in [-0.3, -0.25) is 4.90 Å². The van der Waals surface area contributed by atoms with Crippen LogP contribution in [0.5, 0.6) is 0 Å². The Bertz CT molecular complexity index is 666. The first-order valence-corrected chi connectivity index (χ1v) is 8.71. The number of fused-ring (bicyclic) bond motifs is 2. The predicted molar refractivity (Wildman–Crippen MR) is 92.2 cm³/mol. The van der Waals surface area contributed by atoms with E-state index >= 15 is 0 Å². The molecule has 1 nitrogen and oxygen atoms in total. The Hall–Kier alpha value is -1.31. The van der Waals surface area contributed by atoms with Crippen LogP contribution in [0.4, 0.5) is 0 Å². The van der Waals surface area contributed by atoms with Gasteiger partial charge in [0.25, 0.3) is 0 Å². The third kappa shape index (κ3) is 2.80. The average molecular weight is 312 g/mol. The number of benzene rings is 2. The van der Waals surface area contributed by atoms with Crippen LogP contribution in [0.15, 0.2) is 48.5 Å². The summed E-state index contributed by atoms with van der Waals surface area (Å²) in [6.07, 6.45) is 5.12. The van der Waals surface area contributed by atoms with E-state index in [9.17, 15) is 0 Å². The standard InChI is InChI=1S/C20H22ClN/c21-20-8-4-3-7-18(20)14-22-13-15-9-10-19(22)12-17-6-2-1-5-16(17)11-15/h1-8,15,19H,9-14H2/t15-,19+/m1/s1. The second-order valence-electron chi connectivity index (χ2n) is 6.80. The Morgan fingerprint density at radius 3 is 2.45 bits per heavy atom. The summed E-state index contributed by atoms with van der Waals surface area (Å²) < 4.78 is 0. The van der Waals surface area contributed by atoms with Gasteiger partial charge in [-0.05, 0) is 54.4 Å². The Balaban J connectivity index is 1.60. The molecule has 2 aromatic carbocycles. The summed E-state index contributed by atoms with van der Waals surface area (Å²) in [5.41, 5.74) is 4.40. The Kier molecular flexibility index (Phi) is 3.94. The van der Waals surface area contributed by atoms with E-state index in [1.807, 2.05) is 12.1 Å². The minimum atomic E-state index is 0.661. The van der Waals surface area contributed by atoms with Gasteiger partial charge in [-0.25, -0.2) is 0 Å². The van der Waals surface area contributed by atoms with Crippen LogP contribution < -0.4 is 0 Å². The molecule has 0 spiro atoms. The first-order valence-electron chi connectivity index (χ1n) is 8.34. The van der Waals surface area contributed by atoms with Gasteiger partial charge in [-0.2, -0.15) is 0 Å². The van der Waals surface area contributed by atoms with E-state index in [0.717, 1.165) is 17.5 Å². The summed E-state index contributed by atoms with van der Waals surface area (Å²) in [5.74, 6) is 0.792. The fourth-order valence-electron chi connectivity index (χ4n) is 4.14. The van der Waals surface area contributed by atoms with E-state index < -0.39 is 0 Å². The zero-order chi connectivity index (χ0) is 14.9. The molecular weight excluding hydrogens is 290 g/mol. The van der Waals surface area contributed by atoms with Crippen molar-refractivity contribution >= 4 is 11.6 Å². The lowest BCUT2D eigenvalue weighted by Crippen LogP contribution is -2.46. The number of piperidine rings is 1. The third-order valence-electron chi connectivity index (χ3n) is 5.33. The van der Waals surface area contributed by atoms with Gasteiger partial charge in [0.15, 0.2) is 0 Å². The largest absolute Gasteiger partial charge is 0.295 e. The molecule has 0 aromatic heterocycles. The highest BCUT2D eigenvalue weighted by Gasteiger charge is 2.31. The van der Waals surface area contributed by atoms with E-state index in [1.54, 1.807) is 11.1 Å². The van der Waals surface area contributed by atoms with Crippen LogP contribution in [-0.4, -0.2) is 17.5 Å². The zero-order valence-electron chi connectivity index (χ0n) is 12.8. The zero-order valence-corrected chi connectivity index (χ0v) is 13.6. The molecule has 2 bridgehead atoms. The molecule has 2 atom stereocenters. The molecule has 2 heteroatoms. The van der Waals surface area contributed by atoms with Crippen LogP contribution >= 0.6 is 11.6 Å². The highest BCUT2D eigenvalue weighted by atomic mass is 35.5. The summed E-state index contributed by atoms with van der Waals surface area (Å²) >= 11 is 6.37. The first-order chi connectivity index (χ1) is 10.8. The van der Waals surface area contributed by atoms with Crippen LogP contribution in [0.3, 0.4) is 0 Å². The summed E-state index contributed by atoms with van der Waals surface area (Å²) in [5, 5.41) is 0.904. The van der Waals surface area contributed by atoms with Gasteiger partial charge in [0.2, 0.25) is 0 Å². The van der Waals surface area contributed by atoms with Crippen molar-refractivity contribution in [1.82, 2.24) is 4.90 Å². The number of halogens is 1. The minimum absolute atomic E-state index is 0.661. The van der Waals surface area contributed by atoms with E-state index in [0.29, 0.717) is 6.04 Å². The molecule has 2 heterocycles. The minimum Gasteiger partial charge on any atom is -0.295 e. The van der Waals surface area contributed by atoms with Crippen molar-refractivity contribution in [3.63, 3.8) is 0 Å². The van der Waals surface area contributed by atoms with Crippen molar-refractivity contribution in [2.75, 3.05) is 6.54 Å². The quantitative estimate of drug-likeness (QED) is 0.775. The highest BCUT2D eigenvalue weighted by molar-refractivity contribution is 6.31. The van der Waals surface area contributed by atoms with Gasteiger partial charge < -0.3 is 0 Å². The summed E-state index contributed by atoms with van der Waals surface area (Å²) in [4.78, 5) is 2.67. The average Bonchev–Trinajstić information content (AvgIpc) is 2.50. The highest BCUT2D eigenvalue weighted by Crippen LogP contribution is 2.33. The van der Waals surface area contributed by atoms with E-state index in [2.05, 4.69) is 41.3 Å². The van der Waals surface area contributed by atoms with Crippen LogP contribution in [-0.2, 0) is 19.4 Å². The van der Waals surface area contributed by atoms with Crippen LogP contribution in [0.1, 0.15) is 29.5 Å². The number of nitrogens with zero attached hydrogens (tertiary/aromatic N) is 1. The van der Waals surface area contributed by atoms with E-state index in [1.165, 1.54) is 37.8 Å². The molecule has 0 saturated carbocycles. The monoisotopic (exact) mass is 311 g/mol. The van der Waals surface area contributed by atoms with Gasteiger partial charge >= 0.3 is 0 Å². The molecule has 1 aliphatic carbocycles. The van der Waals surface area contributed by atoms with Gasteiger partial charge in [0.1, 0.15) is 0 Å². The Morgan fingerprint density at radius 2 is 1.64 bits per heavy atom. The van der Waals surface area contributed by atoms with Crippen molar-refractivity contribution in [2.24, 2.45) is 5.92 Å². The maximum absolute atomic E-state index is 6.37. The number of hydrogen-bond acceptors (Lipinski definition) is 1. The van der Waals surface area contributed by atoms with Gasteiger partial charge in [-0.15, -0.1) is 0 Å². The first kappa shape index (κ1) is 14.3. The topological polar surface area (TPSA) is 3.24 Å². The van der Waals surface area contributed by atoms with Crippen LogP contribution in [0, 0.1) is 5.92 Å². The van der Waals surface area contributed by atoms with Gasteiger partial charge in [-0.1, -0.05) is 54.1 Å². The molecule has 1 fully saturated rings. The molecule has 2 aliphatic heterocycles. The molecule has 1 saturated heterocycles. The molecule has 0 radical (unpaired) electrons. The van der Waals surface area contributed by atoms with Gasteiger partial charge in [0.05, 0.1) is 0 Å². The molecule has 2 aromatic rings. The summed E-state index contributed by atoms with van der Waals surface area (Å²) in [6, 6.07) is 18.0. The van der Waals surface area contributed by atoms with Crippen LogP contribution in [0.25, 0.3) is 0 Å². The van der Waals surface area contributed by atoms with Crippen molar-refractivity contribution < 1.29 is 0 Å². The second kappa shape index (κ2) is 6.06. The normalized spacial score (nSPS) is 24.6. The number of rotatable bonds is 2. The molecular formula is C20H22ClN. The molecule has 0 N–H and O–H groups in total. The van der Waals surface area contributed by atoms with Crippen LogP contribution in [0.2, 0.25) is 5.02 Å². The van der Waals surface area contributed by atoms with Gasteiger partial charge in [0, 0.05) is 24.2 Å². The lowest BCUT2D eigenvalue weighted by atomic mass is 9.80. The lowest BCUT2D eigenvalue weighted by Gasteiger charge is -2.42. The fourth-order valence-corrected chi connectivity index (χ4v) is 4.34. The van der Waals surface area contributed by atoms with E-state index in [4.69, 9.17) is 11.6 Å². The smallest absolute Gasteiger partial charge is 0.0451 e. The lowest BCUT2D eigenvalue weighted by molar-refractivity contribution is 0.0938. The molecule has 114 valence electrons.